The van der Waals surface area contributed by atoms with E-state index in [2.05, 4.69) is 67.5 Å². The number of nitrogens with zero attached hydrogens (tertiary/aromatic N) is 12. The molecule has 0 spiro atoms. The Hall–Kier alpha value is -9.56. The quantitative estimate of drug-likeness (QED) is 0.0119. The summed E-state index contributed by atoms with van der Waals surface area (Å²) in [4.78, 5) is 38.9. The number of hydrogen-bond donors (Lipinski definition) is 11. The number of rotatable bonds is 26. The van der Waals surface area contributed by atoms with E-state index in [0.29, 0.717) is 24.3 Å². The van der Waals surface area contributed by atoms with E-state index in [9.17, 15) is 103 Å². The Morgan fingerprint density at radius 1 is 0.262 bits per heavy atom. The number of azo groups is 4. The van der Waals surface area contributed by atoms with Crippen LogP contribution >= 0.6 is 0 Å². The molecule has 0 heterocycles. The van der Waals surface area contributed by atoms with E-state index in [-0.39, 0.29) is 221 Å². The summed E-state index contributed by atoms with van der Waals surface area (Å²) in [6.45, 7) is 0. The van der Waals surface area contributed by atoms with Gasteiger partial charge in [-0.05, 0) is 133 Å². The average molecular weight is 1570 g/mol. The number of non-ortho nitro benzene ring substituents is 4. The Morgan fingerprint density at radius 2 is 0.467 bits per heavy atom. The van der Waals surface area contributed by atoms with Crippen LogP contribution in [-0.4, -0.2) is 81.8 Å². The van der Waals surface area contributed by atoms with Crippen molar-refractivity contribution in [3.63, 3.8) is 0 Å². The van der Waals surface area contributed by atoms with Crippen molar-refractivity contribution >= 4 is 166 Å². The molecule has 0 amide bonds. The number of nitro benzene ring substituents is 4. The Bertz CT molecular complexity index is 5380. The molecule has 10 aromatic rings. The van der Waals surface area contributed by atoms with Gasteiger partial charge in [0.2, 0.25) is 0 Å². The van der Waals surface area contributed by atoms with Crippen LogP contribution in [0, 0.1) is 40.5 Å². The fourth-order valence-corrected chi connectivity index (χ4v) is 11.7. The van der Waals surface area contributed by atoms with Gasteiger partial charge in [-0.25, -0.2) is 0 Å². The van der Waals surface area contributed by atoms with Gasteiger partial charge in [0.1, 0.15) is 53.8 Å². The minimum absolute atomic E-state index is 0. The zero-order chi connectivity index (χ0) is 74.3. The van der Waals surface area contributed by atoms with Crippen molar-refractivity contribution in [3.05, 3.63) is 235 Å². The molecule has 0 radical (unpaired) electrons. The molecule has 10 rings (SSSR count). The van der Waals surface area contributed by atoms with Crippen molar-refractivity contribution < 1.29 is 200 Å². The Kier molecular flexibility index (Phi) is 29.3. The third-order valence-electron chi connectivity index (χ3n) is 13.9. The molecule has 11 N–H and O–H groups in total. The minimum Gasteiger partial charge on any atom is -0.506 e. The van der Waals surface area contributed by atoms with Crippen LogP contribution < -0.4 is 145 Å². The maximum Gasteiger partial charge on any atom is 1.00 e. The van der Waals surface area contributed by atoms with Crippen molar-refractivity contribution in [2.45, 2.75) is 19.6 Å². The molecule has 524 valence electrons. The Balaban J connectivity index is 0.00000448. The summed E-state index contributed by atoms with van der Waals surface area (Å²) in [6.07, 6.45) is 0. The summed E-state index contributed by atoms with van der Waals surface area (Å²) in [5, 5.41) is 117. The second-order valence-electron chi connectivity index (χ2n) is 21.0. The van der Waals surface area contributed by atoms with Gasteiger partial charge in [-0.2, -0.15) is 54.1 Å². The number of aromatic hydroxyl groups is 2. The molecule has 107 heavy (non-hydrogen) atoms. The molecule has 0 aliphatic carbocycles. The van der Waals surface area contributed by atoms with Crippen LogP contribution in [-0.2, 0) is 40.5 Å². The van der Waals surface area contributed by atoms with Gasteiger partial charge < -0.3 is 36.8 Å². The second-order valence-corrected chi connectivity index (χ2v) is 26.5. The van der Waals surface area contributed by atoms with Crippen molar-refractivity contribution in [1.29, 1.82) is 0 Å². The van der Waals surface area contributed by atoms with Crippen LogP contribution in [0.1, 0.15) is 0 Å². The third kappa shape index (κ3) is 22.8. The maximum atomic E-state index is 12.2. The first-order valence-electron chi connectivity index (χ1n) is 28.3. The molecule has 10 aromatic carbocycles. The van der Waals surface area contributed by atoms with Gasteiger partial charge in [-0.3, -0.25) is 58.7 Å². The zero-order valence-corrected chi connectivity index (χ0v) is 66.5. The van der Waals surface area contributed by atoms with Crippen LogP contribution in [0.4, 0.5) is 125 Å². The fourth-order valence-electron chi connectivity index (χ4n) is 9.08. The van der Waals surface area contributed by atoms with Gasteiger partial charge >= 0.3 is 118 Å². The summed E-state index contributed by atoms with van der Waals surface area (Å²) < 4.78 is 137. The topological polar surface area (TPSA) is 590 Å². The molecule has 0 atom stereocenters. The summed E-state index contributed by atoms with van der Waals surface area (Å²) in [6, 6.07) is 38.0. The zero-order valence-electron chi connectivity index (χ0n) is 55.2. The van der Waals surface area contributed by atoms with Crippen molar-refractivity contribution in [3.8, 4) is 11.5 Å². The van der Waals surface area contributed by atoms with Gasteiger partial charge in [0.25, 0.3) is 63.2 Å². The van der Waals surface area contributed by atoms with Crippen LogP contribution in [0.25, 0.3) is 0 Å². The van der Waals surface area contributed by atoms with E-state index in [1.807, 2.05) is 0 Å². The summed E-state index contributed by atoms with van der Waals surface area (Å²) >= 11 is 0. The molecule has 47 heteroatoms. The van der Waals surface area contributed by atoms with Crippen molar-refractivity contribution in [1.82, 2.24) is 0 Å². The molecule has 0 fully saturated rings. The van der Waals surface area contributed by atoms with E-state index in [0.717, 1.165) is 60.7 Å². The third-order valence-corrected chi connectivity index (χ3v) is 17.5. The SMILES string of the molecule is O=[N+]([O-])c1ccc(Nc2ccc(N=Nc3cc(N=Nc4ccc(Nc5ccc([N+](=O)[O-])cc5S(=O)(=O)O)cc4)c(Nc4cc(O)c(N=Nc5ccc(Nc6ccc([N+](=O)[O-])cc6S(=O)(=O)O)cc5)cc4N=Nc4ccc(Nc5ccc([N+](=O)[O-])cc5S(=O)(=O)O)cc4)cc3O)cc2)c(S(=O)(=O)O)c1.[Na+].[Na+].[Na+].[Na+]. The van der Waals surface area contributed by atoms with E-state index in [4.69, 9.17) is 0 Å². The second kappa shape index (κ2) is 36.4. The number of anilines is 10. The van der Waals surface area contributed by atoms with Gasteiger partial charge in [0.15, 0.2) is 0 Å². The van der Waals surface area contributed by atoms with Crippen LogP contribution in [0.3, 0.4) is 0 Å². The molecule has 0 aliphatic heterocycles. The predicted molar refractivity (Wildman–Crippen MR) is 367 cm³/mol. The van der Waals surface area contributed by atoms with Gasteiger partial charge in [-0.1, -0.05) is 0 Å². The number of phenolic OH excluding ortho intramolecular Hbond substituents is 2. The molecule has 0 aromatic heterocycles. The molecule has 0 saturated heterocycles. The number of hydrogen-bond acceptors (Lipinski definition) is 31. The predicted octanol–water partition coefficient (Wildman–Crippen LogP) is 4.11. The van der Waals surface area contributed by atoms with Gasteiger partial charge in [0, 0.05) is 83.4 Å². The number of benzene rings is 10. The summed E-state index contributed by atoms with van der Waals surface area (Å²) in [7, 11) is -19.9. The molecule has 39 nitrogen and oxygen atoms in total. The van der Waals surface area contributed by atoms with E-state index in [1.165, 1.54) is 109 Å². The standard InChI is InChI=1S/C60H43N17O22S4.4Na/c78-55-31-49(51(70-66-37-9-1-33(2-10-37)61-45-21-17-41(74(80)81)25-57(45)100(88,89)90)29-53(55)72-68-39-13-5-35(6-14-39)63-47-23-19-43(76(84)85)27-59(47)102(94,95)96)65-50-32-56(79)54(73-69-40-15-7-36(8-16-40)64-48-24-20-44(77(86)87)28-60(48)103(97,98)99)30-52(50)71-67-38-11-3-34(4-12-38)62-46-22-18-42(75(82)83)26-58(46)101(91,92)93;;;;/h1-32,61-65,78-79H,(H,88,89,90)(H,91,92,93)(H,94,95,96)(H,97,98,99);;;;/q;4*+1. The fraction of sp³-hybridized carbons (Fsp3) is 0. The smallest absolute Gasteiger partial charge is 0.506 e. The largest absolute Gasteiger partial charge is 1.00 e. The number of phenols is 2. The maximum absolute atomic E-state index is 12.2. The van der Waals surface area contributed by atoms with E-state index in [1.54, 1.807) is 0 Å². The van der Waals surface area contributed by atoms with Crippen LogP contribution in [0.15, 0.2) is 255 Å². The molecule has 0 aliphatic rings. The van der Waals surface area contributed by atoms with Crippen molar-refractivity contribution in [2.24, 2.45) is 40.9 Å². The number of nitrogens with one attached hydrogen (secondary N) is 5. The molecular formula is C60H43N17Na4O22S4+4. The Labute approximate surface area is 691 Å². The summed E-state index contributed by atoms with van der Waals surface area (Å²) in [5.74, 6) is -1.13. The Morgan fingerprint density at radius 3 is 0.664 bits per heavy atom. The first kappa shape index (κ1) is 86.4. The molecule has 0 unspecified atom stereocenters. The molecule has 0 bridgehead atoms. The monoisotopic (exact) mass is 1570 g/mol. The van der Waals surface area contributed by atoms with Gasteiger partial charge in [-0.15, -0.1) is 20.5 Å². The van der Waals surface area contributed by atoms with Crippen molar-refractivity contribution in [2.75, 3.05) is 26.6 Å². The first-order valence-corrected chi connectivity index (χ1v) is 34.1. The first-order chi connectivity index (χ1) is 48.6. The number of nitro groups is 4. The minimum atomic E-state index is -4.98. The van der Waals surface area contributed by atoms with Crippen LogP contribution in [0.5, 0.6) is 11.5 Å². The van der Waals surface area contributed by atoms with E-state index >= 15 is 0 Å². The average Bonchev–Trinajstić information content (AvgIpc) is 0.829. The molecular weight excluding hydrogens is 1530 g/mol. The summed E-state index contributed by atoms with van der Waals surface area (Å²) in [5.41, 5.74) is -2.98. The van der Waals surface area contributed by atoms with Crippen LogP contribution in [0.2, 0.25) is 0 Å². The normalized spacial score (nSPS) is 11.6. The van der Waals surface area contributed by atoms with E-state index < -0.39 is 114 Å². The van der Waals surface area contributed by atoms with Gasteiger partial charge in [0.05, 0.1) is 76.6 Å². The molecule has 0 saturated carbocycles.